The Labute approximate surface area is 127 Å². The summed E-state index contributed by atoms with van der Waals surface area (Å²) >= 11 is 0. The molecule has 0 unspecified atom stereocenters. The second-order valence-electron chi connectivity index (χ2n) is 5.87. The van der Waals surface area contributed by atoms with Gasteiger partial charge in [0, 0.05) is 6.54 Å². The van der Waals surface area contributed by atoms with Crippen molar-refractivity contribution in [2.45, 2.75) is 19.6 Å². The maximum absolute atomic E-state index is 5.81. The molecule has 1 saturated carbocycles. The molecule has 110 valence electrons. The van der Waals surface area contributed by atoms with Gasteiger partial charge >= 0.3 is 0 Å². The SMILES string of the molecule is c1ccc(CNC[C@H]2C[C@@H]2COCc2ccccc2)cc1. The van der Waals surface area contributed by atoms with Gasteiger partial charge in [-0.05, 0) is 35.9 Å². The molecule has 1 fully saturated rings. The summed E-state index contributed by atoms with van der Waals surface area (Å²) in [5, 5.41) is 3.55. The van der Waals surface area contributed by atoms with Crippen molar-refractivity contribution in [1.29, 1.82) is 0 Å². The summed E-state index contributed by atoms with van der Waals surface area (Å²) in [6, 6.07) is 21.0. The fraction of sp³-hybridized carbons (Fsp3) is 0.368. The van der Waals surface area contributed by atoms with E-state index in [4.69, 9.17) is 4.74 Å². The van der Waals surface area contributed by atoms with Crippen molar-refractivity contribution in [1.82, 2.24) is 5.32 Å². The van der Waals surface area contributed by atoms with Crippen LogP contribution in [0.2, 0.25) is 0 Å². The number of hydrogen-bond acceptors (Lipinski definition) is 2. The predicted molar refractivity (Wildman–Crippen MR) is 85.8 cm³/mol. The zero-order valence-corrected chi connectivity index (χ0v) is 12.4. The fourth-order valence-electron chi connectivity index (χ4n) is 2.66. The summed E-state index contributed by atoms with van der Waals surface area (Å²) in [5.74, 6) is 1.54. The molecule has 0 heterocycles. The van der Waals surface area contributed by atoms with Crippen LogP contribution in [0.15, 0.2) is 60.7 Å². The normalized spacial score (nSPS) is 20.4. The van der Waals surface area contributed by atoms with E-state index in [0.29, 0.717) is 0 Å². The molecule has 1 aliphatic rings. The highest BCUT2D eigenvalue weighted by molar-refractivity contribution is 5.14. The first kappa shape index (κ1) is 14.3. The highest BCUT2D eigenvalue weighted by atomic mass is 16.5. The van der Waals surface area contributed by atoms with Crippen LogP contribution in [0.25, 0.3) is 0 Å². The number of nitrogens with one attached hydrogen (secondary N) is 1. The average molecular weight is 281 g/mol. The zero-order chi connectivity index (χ0) is 14.3. The van der Waals surface area contributed by atoms with Crippen LogP contribution in [0.4, 0.5) is 0 Å². The van der Waals surface area contributed by atoms with Gasteiger partial charge in [-0.1, -0.05) is 60.7 Å². The minimum absolute atomic E-state index is 0.738. The summed E-state index contributed by atoms with van der Waals surface area (Å²) in [5.41, 5.74) is 2.62. The summed E-state index contributed by atoms with van der Waals surface area (Å²) in [4.78, 5) is 0. The lowest BCUT2D eigenvalue weighted by atomic mass is 10.2. The van der Waals surface area contributed by atoms with E-state index in [-0.39, 0.29) is 0 Å². The largest absolute Gasteiger partial charge is 0.376 e. The fourth-order valence-corrected chi connectivity index (χ4v) is 2.66. The highest BCUT2D eigenvalue weighted by Gasteiger charge is 2.36. The van der Waals surface area contributed by atoms with E-state index in [2.05, 4.69) is 59.9 Å². The lowest BCUT2D eigenvalue weighted by Crippen LogP contribution is -2.17. The van der Waals surface area contributed by atoms with Gasteiger partial charge in [-0.15, -0.1) is 0 Å². The zero-order valence-electron chi connectivity index (χ0n) is 12.4. The van der Waals surface area contributed by atoms with Gasteiger partial charge in [-0.25, -0.2) is 0 Å². The van der Waals surface area contributed by atoms with Crippen LogP contribution >= 0.6 is 0 Å². The Hall–Kier alpha value is -1.64. The maximum atomic E-state index is 5.81. The third kappa shape index (κ3) is 4.69. The first-order chi connectivity index (χ1) is 10.4. The molecule has 0 aromatic heterocycles. The van der Waals surface area contributed by atoms with E-state index < -0.39 is 0 Å². The monoisotopic (exact) mass is 281 g/mol. The summed E-state index contributed by atoms with van der Waals surface area (Å²) in [6.07, 6.45) is 1.30. The van der Waals surface area contributed by atoms with E-state index in [0.717, 1.165) is 38.1 Å². The first-order valence-electron chi connectivity index (χ1n) is 7.78. The minimum atomic E-state index is 0.738. The van der Waals surface area contributed by atoms with Crippen LogP contribution in [0.3, 0.4) is 0 Å². The smallest absolute Gasteiger partial charge is 0.0717 e. The van der Waals surface area contributed by atoms with Crippen molar-refractivity contribution < 1.29 is 4.74 Å². The van der Waals surface area contributed by atoms with Gasteiger partial charge in [0.05, 0.1) is 13.2 Å². The summed E-state index contributed by atoms with van der Waals surface area (Å²) in [7, 11) is 0. The van der Waals surface area contributed by atoms with Gasteiger partial charge in [0.15, 0.2) is 0 Å². The molecule has 21 heavy (non-hydrogen) atoms. The molecule has 1 aliphatic carbocycles. The molecule has 0 amide bonds. The van der Waals surface area contributed by atoms with Crippen molar-refractivity contribution in [3.63, 3.8) is 0 Å². The van der Waals surface area contributed by atoms with Gasteiger partial charge < -0.3 is 10.1 Å². The van der Waals surface area contributed by atoms with Crippen LogP contribution in [0.1, 0.15) is 17.5 Å². The molecule has 0 bridgehead atoms. The van der Waals surface area contributed by atoms with Gasteiger partial charge in [-0.3, -0.25) is 0 Å². The first-order valence-corrected chi connectivity index (χ1v) is 7.78. The maximum Gasteiger partial charge on any atom is 0.0717 e. The third-order valence-corrected chi connectivity index (χ3v) is 4.09. The molecular formula is C19H23NO. The number of hydrogen-bond donors (Lipinski definition) is 1. The molecule has 3 rings (SSSR count). The molecule has 2 aromatic carbocycles. The van der Waals surface area contributed by atoms with E-state index in [1.165, 1.54) is 17.5 Å². The Kier molecular flexibility index (Phi) is 5.03. The van der Waals surface area contributed by atoms with Gasteiger partial charge in [-0.2, -0.15) is 0 Å². The van der Waals surface area contributed by atoms with Crippen molar-refractivity contribution in [2.24, 2.45) is 11.8 Å². The molecule has 2 nitrogen and oxygen atoms in total. The molecule has 0 aliphatic heterocycles. The molecule has 0 spiro atoms. The van der Waals surface area contributed by atoms with E-state index in [1.54, 1.807) is 0 Å². The third-order valence-electron chi connectivity index (χ3n) is 4.09. The molecule has 1 N–H and O–H groups in total. The van der Waals surface area contributed by atoms with Crippen LogP contribution in [0, 0.1) is 11.8 Å². The predicted octanol–water partition coefficient (Wildman–Crippen LogP) is 3.63. The highest BCUT2D eigenvalue weighted by Crippen LogP contribution is 2.38. The Morgan fingerprint density at radius 3 is 2.24 bits per heavy atom. The van der Waals surface area contributed by atoms with Crippen LogP contribution in [-0.4, -0.2) is 13.2 Å². The van der Waals surface area contributed by atoms with Gasteiger partial charge in [0.25, 0.3) is 0 Å². The van der Waals surface area contributed by atoms with Crippen LogP contribution < -0.4 is 5.32 Å². The molecule has 2 heteroatoms. The number of benzene rings is 2. The minimum Gasteiger partial charge on any atom is -0.376 e. The lowest BCUT2D eigenvalue weighted by Gasteiger charge is -2.06. The molecule has 0 radical (unpaired) electrons. The Morgan fingerprint density at radius 1 is 0.857 bits per heavy atom. The van der Waals surface area contributed by atoms with Crippen molar-refractivity contribution in [2.75, 3.05) is 13.2 Å². The van der Waals surface area contributed by atoms with E-state index in [9.17, 15) is 0 Å². The van der Waals surface area contributed by atoms with E-state index in [1.807, 2.05) is 6.07 Å². The number of ether oxygens (including phenoxy) is 1. The van der Waals surface area contributed by atoms with Gasteiger partial charge in [0.2, 0.25) is 0 Å². The van der Waals surface area contributed by atoms with Crippen LogP contribution in [0.5, 0.6) is 0 Å². The Balaban J connectivity index is 1.27. The quantitative estimate of drug-likeness (QED) is 0.798. The van der Waals surface area contributed by atoms with Crippen molar-refractivity contribution in [3.8, 4) is 0 Å². The standard InChI is InChI=1S/C19H23NO/c1-3-7-16(8-4-1)12-20-13-18-11-19(18)15-21-14-17-9-5-2-6-10-17/h1-10,18-20H,11-15H2/t18-,19-/m1/s1. The van der Waals surface area contributed by atoms with Crippen molar-refractivity contribution >= 4 is 0 Å². The second kappa shape index (κ2) is 7.39. The van der Waals surface area contributed by atoms with Crippen LogP contribution in [-0.2, 0) is 17.9 Å². The lowest BCUT2D eigenvalue weighted by molar-refractivity contribution is 0.108. The van der Waals surface area contributed by atoms with Gasteiger partial charge in [0.1, 0.15) is 0 Å². The number of rotatable bonds is 8. The second-order valence-corrected chi connectivity index (χ2v) is 5.87. The van der Waals surface area contributed by atoms with Crippen molar-refractivity contribution in [3.05, 3.63) is 71.8 Å². The summed E-state index contributed by atoms with van der Waals surface area (Å²) in [6.45, 7) is 3.71. The average Bonchev–Trinajstić information content (AvgIpc) is 3.28. The Morgan fingerprint density at radius 2 is 1.52 bits per heavy atom. The molecular weight excluding hydrogens is 258 g/mol. The molecule has 2 atom stereocenters. The van der Waals surface area contributed by atoms with E-state index >= 15 is 0 Å². The summed E-state index contributed by atoms with van der Waals surface area (Å²) < 4.78 is 5.81. The molecule has 2 aromatic rings. The topological polar surface area (TPSA) is 21.3 Å². The Bertz CT molecular complexity index is 476. The molecule has 0 saturated heterocycles.